The second-order valence-corrected chi connectivity index (χ2v) is 17.4. The van der Waals surface area contributed by atoms with Crippen molar-refractivity contribution in [3.8, 4) is 0 Å². The molecule has 0 aliphatic heterocycles. The SMILES string of the molecule is CC/C=C\C/C=C\C/C=C\C/C=C\C/C=C\C/C=C\C/C=C\CCCC(=O)OCC(COC(=O)CCCCCCCCCCC)OC(=O)CCCCCCCCCCCCCCCC. The number of allylic oxidation sites excluding steroid dienone is 14. The summed E-state index contributed by atoms with van der Waals surface area (Å²) in [5, 5.41) is 0. The van der Waals surface area contributed by atoms with Gasteiger partial charge in [-0.1, -0.05) is 241 Å². The van der Waals surface area contributed by atoms with Gasteiger partial charge < -0.3 is 14.2 Å². The smallest absolute Gasteiger partial charge is 0.306 e. The lowest BCUT2D eigenvalue weighted by molar-refractivity contribution is -0.167. The molecular weight excluding hydrogens is 793 g/mol. The number of carbonyl (C=O) groups is 3. The van der Waals surface area contributed by atoms with Crippen molar-refractivity contribution in [1.29, 1.82) is 0 Å². The van der Waals surface area contributed by atoms with Crippen molar-refractivity contribution in [2.75, 3.05) is 13.2 Å². The Morgan fingerprint density at radius 1 is 0.328 bits per heavy atom. The molecule has 1 atom stereocenters. The van der Waals surface area contributed by atoms with E-state index in [1.165, 1.54) is 109 Å². The predicted octanol–water partition coefficient (Wildman–Crippen LogP) is 17.6. The predicted molar refractivity (Wildman–Crippen MR) is 274 cm³/mol. The van der Waals surface area contributed by atoms with Crippen LogP contribution in [0.1, 0.15) is 245 Å². The van der Waals surface area contributed by atoms with E-state index in [-0.39, 0.29) is 37.5 Å². The van der Waals surface area contributed by atoms with E-state index in [2.05, 4.69) is 106 Å². The molecule has 1 unspecified atom stereocenters. The van der Waals surface area contributed by atoms with E-state index >= 15 is 0 Å². The van der Waals surface area contributed by atoms with Crippen molar-refractivity contribution < 1.29 is 28.6 Å². The molecule has 0 N–H and O–H groups in total. The van der Waals surface area contributed by atoms with Crippen LogP contribution < -0.4 is 0 Å². The molecule has 0 aromatic carbocycles. The largest absolute Gasteiger partial charge is 0.462 e. The van der Waals surface area contributed by atoms with Gasteiger partial charge in [-0.2, -0.15) is 0 Å². The maximum Gasteiger partial charge on any atom is 0.306 e. The lowest BCUT2D eigenvalue weighted by Crippen LogP contribution is -2.30. The second kappa shape index (κ2) is 52.2. The molecule has 0 aromatic heterocycles. The average molecular weight is 891 g/mol. The van der Waals surface area contributed by atoms with Crippen LogP contribution in [0.4, 0.5) is 0 Å². The van der Waals surface area contributed by atoms with Crippen LogP contribution in [0.15, 0.2) is 85.1 Å². The lowest BCUT2D eigenvalue weighted by atomic mass is 10.0. The van der Waals surface area contributed by atoms with Gasteiger partial charge >= 0.3 is 17.9 Å². The Hall–Kier alpha value is -3.41. The molecule has 0 rings (SSSR count). The molecule has 0 bridgehead atoms. The molecule has 0 aliphatic carbocycles. The van der Waals surface area contributed by atoms with E-state index in [1.807, 2.05) is 0 Å². The minimum absolute atomic E-state index is 0.0919. The van der Waals surface area contributed by atoms with Gasteiger partial charge in [0.25, 0.3) is 0 Å². The van der Waals surface area contributed by atoms with Crippen LogP contribution in [0.3, 0.4) is 0 Å². The zero-order chi connectivity index (χ0) is 46.5. The fourth-order valence-electron chi connectivity index (χ4n) is 7.20. The number of esters is 3. The van der Waals surface area contributed by atoms with E-state index < -0.39 is 6.10 Å². The molecular formula is C58H98O6. The van der Waals surface area contributed by atoms with Gasteiger partial charge in [-0.05, 0) is 70.6 Å². The van der Waals surface area contributed by atoms with Crippen molar-refractivity contribution in [1.82, 2.24) is 0 Å². The van der Waals surface area contributed by atoms with Gasteiger partial charge in [0.15, 0.2) is 6.10 Å². The monoisotopic (exact) mass is 891 g/mol. The summed E-state index contributed by atoms with van der Waals surface area (Å²) in [6, 6.07) is 0. The zero-order valence-corrected chi connectivity index (χ0v) is 41.8. The van der Waals surface area contributed by atoms with Gasteiger partial charge in [-0.15, -0.1) is 0 Å². The van der Waals surface area contributed by atoms with E-state index in [0.717, 1.165) is 89.9 Å². The van der Waals surface area contributed by atoms with Crippen LogP contribution in [0.5, 0.6) is 0 Å². The highest BCUT2D eigenvalue weighted by molar-refractivity contribution is 5.71. The van der Waals surface area contributed by atoms with Crippen molar-refractivity contribution in [3.63, 3.8) is 0 Å². The fraction of sp³-hybridized carbons (Fsp3) is 0.707. The Balaban J connectivity index is 4.39. The highest BCUT2D eigenvalue weighted by Gasteiger charge is 2.19. The minimum atomic E-state index is -0.795. The van der Waals surface area contributed by atoms with E-state index in [1.54, 1.807) is 0 Å². The van der Waals surface area contributed by atoms with Gasteiger partial charge in [0.1, 0.15) is 13.2 Å². The van der Waals surface area contributed by atoms with Gasteiger partial charge in [-0.25, -0.2) is 0 Å². The molecule has 0 saturated carbocycles. The number of carbonyl (C=O) groups excluding carboxylic acids is 3. The van der Waals surface area contributed by atoms with Gasteiger partial charge in [0.05, 0.1) is 0 Å². The number of ether oxygens (including phenoxy) is 3. The summed E-state index contributed by atoms with van der Waals surface area (Å²) in [7, 11) is 0. The first-order valence-electron chi connectivity index (χ1n) is 26.6. The van der Waals surface area contributed by atoms with Gasteiger partial charge in [0, 0.05) is 19.3 Å². The van der Waals surface area contributed by atoms with Crippen molar-refractivity contribution >= 4 is 17.9 Å². The lowest BCUT2D eigenvalue weighted by Gasteiger charge is -2.18. The number of hydrogen-bond donors (Lipinski definition) is 0. The van der Waals surface area contributed by atoms with Crippen molar-refractivity contribution in [3.05, 3.63) is 85.1 Å². The summed E-state index contributed by atoms with van der Waals surface area (Å²) >= 11 is 0. The molecule has 0 saturated heterocycles. The molecule has 0 fully saturated rings. The topological polar surface area (TPSA) is 78.9 Å². The summed E-state index contributed by atoms with van der Waals surface area (Å²) in [4.78, 5) is 37.9. The molecule has 64 heavy (non-hydrogen) atoms. The van der Waals surface area contributed by atoms with E-state index in [4.69, 9.17) is 14.2 Å². The molecule has 0 radical (unpaired) electrons. The highest BCUT2D eigenvalue weighted by Crippen LogP contribution is 2.15. The van der Waals surface area contributed by atoms with Crippen LogP contribution in [0.2, 0.25) is 0 Å². The summed E-state index contributed by atoms with van der Waals surface area (Å²) in [6.45, 7) is 6.46. The molecule has 366 valence electrons. The molecule has 0 aliphatic rings. The third-order valence-corrected chi connectivity index (χ3v) is 11.2. The first kappa shape index (κ1) is 60.6. The molecule has 6 nitrogen and oxygen atoms in total. The highest BCUT2D eigenvalue weighted by atomic mass is 16.6. The number of unbranched alkanes of at least 4 members (excludes halogenated alkanes) is 22. The maximum absolute atomic E-state index is 12.8. The average Bonchev–Trinajstić information content (AvgIpc) is 3.29. The molecule has 0 heterocycles. The number of hydrogen-bond acceptors (Lipinski definition) is 6. The summed E-state index contributed by atoms with van der Waals surface area (Å²) in [5.41, 5.74) is 0. The Morgan fingerprint density at radius 3 is 0.953 bits per heavy atom. The van der Waals surface area contributed by atoms with Crippen molar-refractivity contribution in [2.24, 2.45) is 0 Å². The molecule has 0 aromatic rings. The Bertz CT molecular complexity index is 1250. The third-order valence-electron chi connectivity index (χ3n) is 11.2. The van der Waals surface area contributed by atoms with Gasteiger partial charge in [0.2, 0.25) is 0 Å². The Kier molecular flexibility index (Phi) is 49.4. The fourth-order valence-corrected chi connectivity index (χ4v) is 7.20. The number of rotatable bonds is 47. The Labute approximate surface area is 395 Å². The maximum atomic E-state index is 12.8. The van der Waals surface area contributed by atoms with Crippen molar-refractivity contribution in [2.45, 2.75) is 252 Å². The van der Waals surface area contributed by atoms with E-state index in [0.29, 0.717) is 19.3 Å². The summed E-state index contributed by atoms with van der Waals surface area (Å²) in [5.74, 6) is -0.954. The second-order valence-electron chi connectivity index (χ2n) is 17.4. The summed E-state index contributed by atoms with van der Waals surface area (Å²) in [6.07, 6.45) is 67.2. The normalized spacial score (nSPS) is 12.7. The van der Waals surface area contributed by atoms with Gasteiger partial charge in [-0.3, -0.25) is 14.4 Å². The molecule has 0 amide bonds. The van der Waals surface area contributed by atoms with Crippen LogP contribution in [0, 0.1) is 0 Å². The zero-order valence-electron chi connectivity index (χ0n) is 41.8. The molecule has 6 heteroatoms. The Morgan fingerprint density at radius 2 is 0.609 bits per heavy atom. The minimum Gasteiger partial charge on any atom is -0.462 e. The first-order chi connectivity index (χ1) is 31.5. The van der Waals surface area contributed by atoms with Crippen LogP contribution >= 0.6 is 0 Å². The van der Waals surface area contributed by atoms with E-state index in [9.17, 15) is 14.4 Å². The first-order valence-corrected chi connectivity index (χ1v) is 26.6. The van der Waals surface area contributed by atoms with Crippen LogP contribution in [0.25, 0.3) is 0 Å². The quantitative estimate of drug-likeness (QED) is 0.0262. The third kappa shape index (κ3) is 49.6. The molecule has 0 spiro atoms. The standard InChI is InChI=1S/C58H98O6/c1-4-7-10-13-16-19-21-23-25-26-27-28-29-30-31-32-33-35-36-39-42-45-48-51-57(60)63-54-55(53-62-56(59)50-47-44-41-38-18-15-12-9-6-3)64-58(61)52-49-46-43-40-37-34-24-22-20-17-14-11-8-5-2/h7,10,16,19,23,25,27-28,30-31,33,35,39,42,55H,4-6,8-9,11-15,17-18,20-22,24,26,29,32,34,36-38,40-41,43-54H2,1-3H3/b10-7-,19-16-,25-23-,28-27-,31-30-,35-33-,42-39-. The summed E-state index contributed by atoms with van der Waals surface area (Å²) < 4.78 is 16.7. The van der Waals surface area contributed by atoms with Crippen LogP contribution in [-0.4, -0.2) is 37.2 Å². The van der Waals surface area contributed by atoms with Crippen LogP contribution in [-0.2, 0) is 28.6 Å².